The molecule has 2 fully saturated rings. The number of fused-ring (bicyclic) bond motifs is 1. The van der Waals surface area contributed by atoms with Crippen LogP contribution in [0.25, 0.3) is 0 Å². The van der Waals surface area contributed by atoms with E-state index in [-0.39, 0.29) is 18.4 Å². The monoisotopic (exact) mass is 417 g/mol. The highest BCUT2D eigenvalue weighted by Crippen LogP contribution is 2.20. The fraction of sp³-hybridized carbons (Fsp3) is 0.474. The predicted octanol–water partition coefficient (Wildman–Crippen LogP) is -0.207. The molecule has 0 spiro atoms. The van der Waals surface area contributed by atoms with Gasteiger partial charge in [0, 0.05) is 39.2 Å². The number of aliphatic imine (C=N–C) groups is 1. The first-order valence-electron chi connectivity index (χ1n) is 9.59. The summed E-state index contributed by atoms with van der Waals surface area (Å²) in [5, 5.41) is 0. The molecule has 30 heavy (non-hydrogen) atoms. The number of carbonyl (C=O) groups is 3. The molecule has 2 unspecified atom stereocenters. The Bertz CT molecular complexity index is 947. The van der Waals surface area contributed by atoms with Crippen molar-refractivity contribution in [2.45, 2.75) is 12.5 Å². The summed E-state index contributed by atoms with van der Waals surface area (Å²) in [6.07, 6.45) is 3.31. The molecule has 11 heteroatoms. The average Bonchev–Trinajstić information content (AvgIpc) is 3.38. The number of nitrogens with zero attached hydrogens (tertiary/aromatic N) is 6. The molecule has 3 aliphatic heterocycles. The lowest BCUT2D eigenvalue weighted by Gasteiger charge is -2.30. The van der Waals surface area contributed by atoms with E-state index < -0.39 is 23.8 Å². The number of imide groups is 1. The van der Waals surface area contributed by atoms with Gasteiger partial charge in [0.15, 0.2) is 6.54 Å². The molecule has 2 atom stereocenters. The number of amidine groups is 1. The molecule has 4 amide bonds. The first kappa shape index (κ1) is 19.9. The first-order chi connectivity index (χ1) is 14.3. The quantitative estimate of drug-likeness (QED) is 0.618. The number of likely N-dealkylation sites (tertiary alicyclic amines) is 1. The lowest BCUT2D eigenvalue weighted by molar-refractivity contribution is -0.520. The third-order valence-corrected chi connectivity index (χ3v) is 5.52. The van der Waals surface area contributed by atoms with Crippen molar-refractivity contribution < 1.29 is 28.1 Å². The summed E-state index contributed by atoms with van der Waals surface area (Å²) in [5.41, 5.74) is 0. The molecule has 1 aromatic heterocycles. The molecule has 0 saturated carbocycles. The van der Waals surface area contributed by atoms with E-state index in [0.29, 0.717) is 31.4 Å². The number of ether oxygens (including phenoxy) is 1. The number of hydrogen-bond acceptors (Lipinski definition) is 6. The van der Waals surface area contributed by atoms with Crippen molar-refractivity contribution in [2.24, 2.45) is 10.9 Å². The minimum atomic E-state index is -0.770. The molecule has 0 aromatic carbocycles. The predicted molar refractivity (Wildman–Crippen MR) is 103 cm³/mol. The average molecular weight is 417 g/mol. The van der Waals surface area contributed by atoms with Gasteiger partial charge in [0.25, 0.3) is 30.0 Å². The maximum absolute atomic E-state index is 12.9. The van der Waals surface area contributed by atoms with Gasteiger partial charge in [-0.2, -0.15) is 0 Å². The molecule has 0 aliphatic carbocycles. The van der Waals surface area contributed by atoms with E-state index in [4.69, 9.17) is 4.74 Å². The molecular weight excluding hydrogens is 395 g/mol. The van der Waals surface area contributed by atoms with Gasteiger partial charge in [-0.15, -0.1) is 0 Å². The largest absolute Gasteiger partial charge is 0.477 e. The number of urea groups is 1. The first-order valence-corrected chi connectivity index (χ1v) is 9.59. The van der Waals surface area contributed by atoms with Gasteiger partial charge in [0.2, 0.25) is 5.88 Å². The number of hydrogen-bond donors (Lipinski definition) is 0. The van der Waals surface area contributed by atoms with Gasteiger partial charge in [-0.3, -0.25) is 19.4 Å². The Balaban J connectivity index is 1.31. The zero-order chi connectivity index (χ0) is 21.4. The van der Waals surface area contributed by atoms with Crippen LogP contribution in [0.2, 0.25) is 0 Å². The maximum Gasteiger partial charge on any atom is 0.333 e. The summed E-state index contributed by atoms with van der Waals surface area (Å²) >= 11 is 0. The highest BCUT2D eigenvalue weighted by Gasteiger charge is 2.51. The molecule has 4 rings (SSSR count). The highest BCUT2D eigenvalue weighted by atomic mass is 19.1. The van der Waals surface area contributed by atoms with Crippen LogP contribution in [0.15, 0.2) is 23.3 Å². The number of rotatable bonds is 5. The Labute approximate surface area is 172 Å². The number of pyridine rings is 1. The van der Waals surface area contributed by atoms with Crippen molar-refractivity contribution >= 4 is 30.0 Å². The summed E-state index contributed by atoms with van der Waals surface area (Å²) in [4.78, 5) is 49.5. The summed E-state index contributed by atoms with van der Waals surface area (Å²) < 4.78 is 20.1. The van der Waals surface area contributed by atoms with Gasteiger partial charge in [0.1, 0.15) is 5.82 Å². The Morgan fingerprint density at radius 1 is 1.30 bits per heavy atom. The van der Waals surface area contributed by atoms with Crippen LogP contribution in [0.4, 0.5) is 9.18 Å². The third-order valence-electron chi connectivity index (χ3n) is 5.52. The molecule has 0 N–H and O–H groups in total. The minimum Gasteiger partial charge on any atom is -0.477 e. The van der Waals surface area contributed by atoms with Crippen molar-refractivity contribution in [1.82, 2.24) is 19.7 Å². The van der Waals surface area contributed by atoms with E-state index in [9.17, 15) is 18.8 Å². The molecule has 4 heterocycles. The van der Waals surface area contributed by atoms with E-state index in [1.165, 1.54) is 30.4 Å². The zero-order valence-corrected chi connectivity index (χ0v) is 16.7. The van der Waals surface area contributed by atoms with Crippen LogP contribution < -0.4 is 4.74 Å². The van der Waals surface area contributed by atoms with Crippen molar-refractivity contribution in [2.75, 3.05) is 40.3 Å². The van der Waals surface area contributed by atoms with Crippen LogP contribution >= 0.6 is 0 Å². The van der Waals surface area contributed by atoms with E-state index in [2.05, 4.69) is 9.98 Å². The molecule has 158 valence electrons. The van der Waals surface area contributed by atoms with E-state index in [0.717, 1.165) is 17.5 Å². The van der Waals surface area contributed by atoms with Crippen LogP contribution in [0.3, 0.4) is 0 Å². The molecule has 3 aliphatic rings. The van der Waals surface area contributed by atoms with Crippen molar-refractivity contribution in [3.05, 3.63) is 24.1 Å². The molecule has 0 radical (unpaired) electrons. The number of carbonyl (C=O) groups excluding carboxylic acids is 3. The van der Waals surface area contributed by atoms with Gasteiger partial charge in [0.05, 0.1) is 12.8 Å². The lowest BCUT2D eigenvalue weighted by atomic mass is 10.1. The Morgan fingerprint density at radius 2 is 2.10 bits per heavy atom. The second kappa shape index (κ2) is 7.81. The van der Waals surface area contributed by atoms with Gasteiger partial charge in [-0.05, 0) is 17.5 Å². The van der Waals surface area contributed by atoms with E-state index >= 15 is 0 Å². The zero-order valence-electron chi connectivity index (χ0n) is 16.7. The molecule has 2 saturated heterocycles. The molecule has 0 bridgehead atoms. The van der Waals surface area contributed by atoms with Crippen LogP contribution in [0, 0.1) is 11.7 Å². The number of likely N-dealkylation sites (N-methyl/N-ethyl adjacent to an activating group) is 2. The minimum absolute atomic E-state index is 0.00757. The Morgan fingerprint density at radius 3 is 2.83 bits per heavy atom. The van der Waals surface area contributed by atoms with Crippen LogP contribution in [-0.2, 0) is 9.59 Å². The molecular formula is C19H22FN6O4+. The number of amides is 4. The Hall–Kier alpha value is -3.37. The number of aromatic nitrogens is 1. The molecule has 10 nitrogen and oxygen atoms in total. The summed E-state index contributed by atoms with van der Waals surface area (Å²) in [5.74, 6) is -0.144. The van der Waals surface area contributed by atoms with Crippen molar-refractivity contribution in [3.63, 3.8) is 0 Å². The topological polar surface area (TPSA) is 98.4 Å². The van der Waals surface area contributed by atoms with Crippen molar-refractivity contribution in [1.29, 1.82) is 0 Å². The Kier molecular flexibility index (Phi) is 5.18. The smallest absolute Gasteiger partial charge is 0.333 e. The second-order valence-electron chi connectivity index (χ2n) is 7.54. The fourth-order valence-corrected chi connectivity index (χ4v) is 3.78. The van der Waals surface area contributed by atoms with Crippen LogP contribution in [-0.4, -0.2) is 101 Å². The summed E-state index contributed by atoms with van der Waals surface area (Å²) in [6.45, 7) is 1.48. The van der Waals surface area contributed by atoms with Crippen molar-refractivity contribution in [3.8, 4) is 5.88 Å². The van der Waals surface area contributed by atoms with Gasteiger partial charge < -0.3 is 9.64 Å². The number of halogens is 1. The highest BCUT2D eigenvalue weighted by molar-refractivity contribution is 6.21. The van der Waals surface area contributed by atoms with E-state index in [1.54, 1.807) is 16.5 Å². The second-order valence-corrected chi connectivity index (χ2v) is 7.54. The standard InChI is InChI=1S/C19H22FN6O4/c1-23-17-16(18(28)24(2)19(23)29)26(11-22-17)9-15(27)25-6-5-12(8-25)10-30-14-4-3-13(20)7-21-14/h3-4,7,11-12,16H,5-6,8-10H2,1-2H3/q+1. The van der Waals surface area contributed by atoms with Crippen LogP contribution in [0.5, 0.6) is 5.88 Å². The normalized spacial score (nSPS) is 23.5. The SMILES string of the molecule is CN1C(=O)C2C(=NC=[N+]2CC(=O)N2CCC(COc3ccc(F)cn3)C2)N(C)C1=O. The van der Waals surface area contributed by atoms with Crippen LogP contribution in [0.1, 0.15) is 6.42 Å². The third kappa shape index (κ3) is 3.62. The van der Waals surface area contributed by atoms with Gasteiger partial charge >= 0.3 is 6.03 Å². The van der Waals surface area contributed by atoms with Gasteiger partial charge in [-0.25, -0.2) is 18.7 Å². The molecule has 1 aromatic rings. The summed E-state index contributed by atoms with van der Waals surface area (Å²) in [6, 6.07) is 1.53. The van der Waals surface area contributed by atoms with E-state index in [1.807, 2.05) is 0 Å². The summed E-state index contributed by atoms with van der Waals surface area (Å²) in [7, 11) is 2.97. The fourth-order valence-electron chi connectivity index (χ4n) is 3.78. The lowest BCUT2D eigenvalue weighted by Crippen LogP contribution is -2.62. The van der Waals surface area contributed by atoms with Gasteiger partial charge in [-0.1, -0.05) is 0 Å². The maximum atomic E-state index is 12.9.